The molecule has 2 aromatic carbocycles. The van der Waals surface area contributed by atoms with Gasteiger partial charge in [-0.1, -0.05) is 6.92 Å². The van der Waals surface area contributed by atoms with Crippen LogP contribution in [0.15, 0.2) is 59.8 Å². The summed E-state index contributed by atoms with van der Waals surface area (Å²) in [7, 11) is -3.68. The number of ether oxygens (including phenoxy) is 2. The van der Waals surface area contributed by atoms with Gasteiger partial charge in [-0.3, -0.25) is 0 Å². The Morgan fingerprint density at radius 3 is 2.11 bits per heavy atom. The van der Waals surface area contributed by atoms with E-state index in [0.717, 1.165) is 36.7 Å². The fourth-order valence-corrected chi connectivity index (χ4v) is 3.68. The molecule has 0 unspecified atom stereocenters. The van der Waals surface area contributed by atoms with E-state index in [1.807, 2.05) is 0 Å². The Morgan fingerprint density at radius 1 is 0.889 bits per heavy atom. The summed E-state index contributed by atoms with van der Waals surface area (Å²) in [5.74, 6) is -0.689. The fourth-order valence-electron chi connectivity index (χ4n) is 2.77. The molecule has 194 valence electrons. The summed E-state index contributed by atoms with van der Waals surface area (Å²) in [6, 6.07) is 9.47. The van der Waals surface area contributed by atoms with Crippen molar-refractivity contribution in [2.75, 3.05) is 23.0 Å². The first-order valence-corrected chi connectivity index (χ1v) is 11.7. The summed E-state index contributed by atoms with van der Waals surface area (Å²) < 4.78 is 108. The zero-order valence-electron chi connectivity index (χ0n) is 18.3. The normalized spacial score (nSPS) is 12.2. The zero-order chi connectivity index (χ0) is 26.6. The molecule has 36 heavy (non-hydrogen) atoms. The topological polar surface area (TPSA) is 102 Å². The van der Waals surface area contributed by atoms with Gasteiger partial charge in [-0.25, -0.2) is 18.4 Å². The third-order valence-corrected chi connectivity index (χ3v) is 6.10. The molecule has 0 aliphatic carbocycles. The first-order valence-electron chi connectivity index (χ1n) is 10.0. The van der Waals surface area contributed by atoms with Crippen molar-refractivity contribution in [1.82, 2.24) is 9.97 Å². The van der Waals surface area contributed by atoms with Crippen LogP contribution in [-0.4, -0.2) is 43.3 Å². The minimum atomic E-state index is -4.83. The molecule has 0 bridgehead atoms. The molecule has 0 radical (unpaired) electrons. The summed E-state index contributed by atoms with van der Waals surface area (Å²) in [6.45, 7) is -0.188. The van der Waals surface area contributed by atoms with E-state index in [-0.39, 0.29) is 33.7 Å². The van der Waals surface area contributed by atoms with Crippen LogP contribution in [0.1, 0.15) is 6.92 Å². The van der Waals surface area contributed by atoms with Gasteiger partial charge < -0.3 is 20.1 Å². The summed E-state index contributed by atoms with van der Waals surface area (Å²) >= 11 is 0. The van der Waals surface area contributed by atoms with Crippen LogP contribution in [0, 0.1) is 0 Å². The molecular formula is C21H18F6N4O4S. The van der Waals surface area contributed by atoms with E-state index < -0.39 is 34.7 Å². The molecule has 0 spiro atoms. The number of anilines is 4. The highest BCUT2D eigenvalue weighted by Crippen LogP contribution is 2.32. The van der Waals surface area contributed by atoms with Crippen molar-refractivity contribution in [1.29, 1.82) is 0 Å². The van der Waals surface area contributed by atoms with Crippen LogP contribution in [0.2, 0.25) is 0 Å². The quantitative estimate of drug-likeness (QED) is 0.341. The predicted molar refractivity (Wildman–Crippen MR) is 117 cm³/mol. The molecule has 1 aromatic heterocycles. The predicted octanol–water partition coefficient (Wildman–Crippen LogP) is 5.60. The number of hydrogen-bond donors (Lipinski definition) is 2. The van der Waals surface area contributed by atoms with E-state index in [1.54, 1.807) is 0 Å². The second-order valence-electron chi connectivity index (χ2n) is 7.08. The molecule has 0 saturated carbocycles. The molecule has 1 heterocycles. The molecule has 2 N–H and O–H groups in total. The molecule has 0 saturated heterocycles. The fraction of sp³-hybridized carbons (Fsp3) is 0.238. The summed E-state index contributed by atoms with van der Waals surface area (Å²) in [5.41, 5.74) is 0.256. The van der Waals surface area contributed by atoms with Crippen molar-refractivity contribution >= 4 is 32.8 Å². The van der Waals surface area contributed by atoms with Gasteiger partial charge in [0.2, 0.25) is 0 Å². The van der Waals surface area contributed by atoms with Crippen molar-refractivity contribution in [2.24, 2.45) is 0 Å². The van der Waals surface area contributed by atoms with Gasteiger partial charge in [0.15, 0.2) is 16.4 Å². The minimum absolute atomic E-state index is 0.0624. The Bertz CT molecular complexity index is 1300. The van der Waals surface area contributed by atoms with Crippen LogP contribution in [0.3, 0.4) is 0 Å². The van der Waals surface area contributed by atoms with Crippen molar-refractivity contribution in [3.05, 3.63) is 54.9 Å². The second-order valence-corrected chi connectivity index (χ2v) is 9.35. The lowest BCUT2D eigenvalue weighted by Gasteiger charge is -2.16. The van der Waals surface area contributed by atoms with Gasteiger partial charge >= 0.3 is 12.5 Å². The van der Waals surface area contributed by atoms with Gasteiger partial charge in [-0.05, 0) is 42.5 Å². The van der Waals surface area contributed by atoms with Crippen molar-refractivity contribution < 1.29 is 44.2 Å². The van der Waals surface area contributed by atoms with E-state index in [0.29, 0.717) is 5.69 Å². The Kier molecular flexibility index (Phi) is 7.81. The van der Waals surface area contributed by atoms with Gasteiger partial charge in [0.25, 0.3) is 0 Å². The highest BCUT2D eigenvalue weighted by Gasteiger charge is 2.31. The Hall–Kier alpha value is -3.75. The van der Waals surface area contributed by atoms with E-state index in [1.165, 1.54) is 25.1 Å². The first kappa shape index (κ1) is 26.8. The maximum atomic E-state index is 12.7. The molecule has 0 aliphatic rings. The summed E-state index contributed by atoms with van der Waals surface area (Å²) in [4.78, 5) is 7.79. The van der Waals surface area contributed by atoms with Crippen LogP contribution in [0.4, 0.5) is 49.4 Å². The number of halogens is 6. The van der Waals surface area contributed by atoms with Crippen molar-refractivity contribution in [3.8, 4) is 11.5 Å². The number of benzene rings is 2. The third-order valence-electron chi connectivity index (χ3n) is 4.37. The molecule has 8 nitrogen and oxygen atoms in total. The first-order chi connectivity index (χ1) is 16.7. The van der Waals surface area contributed by atoms with Gasteiger partial charge in [-0.15, -0.1) is 13.2 Å². The van der Waals surface area contributed by atoms with E-state index >= 15 is 0 Å². The highest BCUT2D eigenvalue weighted by molar-refractivity contribution is 7.91. The van der Waals surface area contributed by atoms with Crippen LogP contribution >= 0.6 is 0 Å². The maximum absolute atomic E-state index is 12.7. The number of nitrogens with one attached hydrogen (secondary N) is 2. The molecule has 3 rings (SSSR count). The second kappa shape index (κ2) is 10.5. The third kappa shape index (κ3) is 7.90. The van der Waals surface area contributed by atoms with Crippen LogP contribution in [0.5, 0.6) is 11.5 Å². The monoisotopic (exact) mass is 536 g/mol. The van der Waals surface area contributed by atoms with E-state index in [9.17, 15) is 34.8 Å². The van der Waals surface area contributed by atoms with E-state index in [4.69, 9.17) is 4.74 Å². The van der Waals surface area contributed by atoms with Crippen LogP contribution in [-0.2, 0) is 9.84 Å². The molecule has 0 amide bonds. The minimum Gasteiger partial charge on any atom is -0.482 e. The smallest absolute Gasteiger partial charge is 0.482 e. The van der Waals surface area contributed by atoms with E-state index in [2.05, 4.69) is 25.3 Å². The largest absolute Gasteiger partial charge is 0.573 e. The Labute approximate surface area is 201 Å². The van der Waals surface area contributed by atoms with Crippen LogP contribution < -0.4 is 20.1 Å². The van der Waals surface area contributed by atoms with Gasteiger partial charge in [0, 0.05) is 11.8 Å². The Morgan fingerprint density at radius 2 is 1.53 bits per heavy atom. The lowest BCUT2D eigenvalue weighted by Crippen LogP contribution is -2.19. The van der Waals surface area contributed by atoms with Crippen molar-refractivity contribution in [2.45, 2.75) is 24.4 Å². The maximum Gasteiger partial charge on any atom is 0.573 e. The van der Waals surface area contributed by atoms with Crippen molar-refractivity contribution in [3.63, 3.8) is 0 Å². The average Bonchev–Trinajstić information content (AvgIpc) is 2.78. The molecular weight excluding hydrogens is 518 g/mol. The van der Waals surface area contributed by atoms with Crippen LogP contribution in [0.25, 0.3) is 0 Å². The van der Waals surface area contributed by atoms with Gasteiger partial charge in [-0.2, -0.15) is 13.2 Å². The lowest BCUT2D eigenvalue weighted by atomic mass is 10.3. The number of nitrogens with zero attached hydrogens (tertiary/aromatic N) is 2. The summed E-state index contributed by atoms with van der Waals surface area (Å²) in [6.07, 6.45) is -8.36. The average molecular weight is 536 g/mol. The standard InChI is InChI=1S/C21H18F6N4O4S/c1-2-36(32,33)15-7-8-17(34-11-20(22,23)24)16(9-15)31-19-10-18(28-12-29-19)30-13-3-5-14(6-4-13)35-21(25,26)27/h3-10,12H,2,11H2,1H3,(H2,28,29,30,31). The molecule has 0 fully saturated rings. The lowest BCUT2D eigenvalue weighted by molar-refractivity contribution is -0.274. The highest BCUT2D eigenvalue weighted by atomic mass is 32.2. The van der Waals surface area contributed by atoms with Gasteiger partial charge in [0.05, 0.1) is 16.3 Å². The molecule has 3 aromatic rings. The number of rotatable bonds is 9. The molecule has 0 atom stereocenters. The Balaban J connectivity index is 1.83. The molecule has 0 aliphatic heterocycles. The number of alkyl halides is 6. The number of aromatic nitrogens is 2. The number of sulfone groups is 1. The summed E-state index contributed by atoms with van der Waals surface area (Å²) in [5, 5.41) is 5.53. The van der Waals surface area contributed by atoms with Gasteiger partial charge in [0.1, 0.15) is 29.5 Å². The SMILES string of the molecule is CCS(=O)(=O)c1ccc(OCC(F)(F)F)c(Nc2cc(Nc3ccc(OC(F)(F)F)cc3)ncn2)c1. The number of hydrogen-bond acceptors (Lipinski definition) is 8. The molecule has 15 heteroatoms. The zero-order valence-corrected chi connectivity index (χ0v) is 19.1.